The third-order valence-corrected chi connectivity index (χ3v) is 3.66. The van der Waals surface area contributed by atoms with Crippen LogP contribution in [0.3, 0.4) is 0 Å². The van der Waals surface area contributed by atoms with Crippen LogP contribution in [0, 0.1) is 13.8 Å². The van der Waals surface area contributed by atoms with Gasteiger partial charge in [0.2, 0.25) is 0 Å². The zero-order chi connectivity index (χ0) is 13.8. The SMILES string of the molecule is CCOC(C)(CC)C(=O)Cc1ccc(C)c(C)c1. The molecule has 0 spiro atoms. The summed E-state index contributed by atoms with van der Waals surface area (Å²) >= 11 is 0. The van der Waals surface area contributed by atoms with Crippen LogP contribution < -0.4 is 0 Å². The van der Waals surface area contributed by atoms with Crippen LogP contribution in [0.1, 0.15) is 43.9 Å². The highest BCUT2D eigenvalue weighted by atomic mass is 16.5. The Morgan fingerprint density at radius 3 is 2.39 bits per heavy atom. The van der Waals surface area contributed by atoms with Gasteiger partial charge in [-0.3, -0.25) is 4.79 Å². The first-order chi connectivity index (χ1) is 8.42. The number of hydrogen-bond acceptors (Lipinski definition) is 2. The fourth-order valence-corrected chi connectivity index (χ4v) is 1.98. The lowest BCUT2D eigenvalue weighted by Crippen LogP contribution is -2.39. The average molecular weight is 248 g/mol. The minimum atomic E-state index is -0.645. The Morgan fingerprint density at radius 2 is 1.89 bits per heavy atom. The van der Waals surface area contributed by atoms with Crippen LogP contribution in [-0.2, 0) is 16.0 Å². The van der Waals surface area contributed by atoms with Gasteiger partial charge in [-0.1, -0.05) is 25.1 Å². The lowest BCUT2D eigenvalue weighted by molar-refractivity contribution is -0.141. The van der Waals surface area contributed by atoms with E-state index in [-0.39, 0.29) is 5.78 Å². The first kappa shape index (κ1) is 14.9. The van der Waals surface area contributed by atoms with Crippen molar-refractivity contribution in [3.8, 4) is 0 Å². The van der Waals surface area contributed by atoms with Crippen LogP contribution in [0.25, 0.3) is 0 Å². The zero-order valence-electron chi connectivity index (χ0n) is 12.2. The van der Waals surface area contributed by atoms with Crippen molar-refractivity contribution >= 4 is 5.78 Å². The summed E-state index contributed by atoms with van der Waals surface area (Å²) in [4.78, 5) is 12.3. The Bertz CT molecular complexity index is 423. The summed E-state index contributed by atoms with van der Waals surface area (Å²) in [6, 6.07) is 6.19. The molecule has 18 heavy (non-hydrogen) atoms. The number of ketones is 1. The molecule has 2 nitrogen and oxygen atoms in total. The lowest BCUT2D eigenvalue weighted by atomic mass is 9.91. The van der Waals surface area contributed by atoms with E-state index in [1.165, 1.54) is 11.1 Å². The number of hydrogen-bond donors (Lipinski definition) is 0. The molecule has 1 atom stereocenters. The van der Waals surface area contributed by atoms with Crippen molar-refractivity contribution in [3.05, 3.63) is 34.9 Å². The molecule has 0 aliphatic rings. The fraction of sp³-hybridized carbons (Fsp3) is 0.562. The number of ether oxygens (including phenoxy) is 1. The molecule has 0 heterocycles. The molecule has 0 aromatic heterocycles. The molecular weight excluding hydrogens is 224 g/mol. The minimum Gasteiger partial charge on any atom is -0.368 e. The second kappa shape index (κ2) is 6.14. The quantitative estimate of drug-likeness (QED) is 0.768. The van der Waals surface area contributed by atoms with Crippen LogP contribution in [-0.4, -0.2) is 18.0 Å². The van der Waals surface area contributed by atoms with Gasteiger partial charge >= 0.3 is 0 Å². The molecule has 1 rings (SSSR count). The predicted octanol–water partition coefficient (Wildman–Crippen LogP) is 3.62. The first-order valence-electron chi connectivity index (χ1n) is 6.66. The molecule has 0 saturated carbocycles. The largest absolute Gasteiger partial charge is 0.368 e. The Kier molecular flexibility index (Phi) is 5.09. The number of carbonyl (C=O) groups excluding carboxylic acids is 1. The summed E-state index contributed by atoms with van der Waals surface area (Å²) in [5.41, 5.74) is 2.92. The molecule has 0 fully saturated rings. The third-order valence-electron chi connectivity index (χ3n) is 3.66. The van der Waals surface area contributed by atoms with Crippen LogP contribution in [0.15, 0.2) is 18.2 Å². The van der Waals surface area contributed by atoms with Crippen molar-refractivity contribution in [2.45, 2.75) is 53.1 Å². The summed E-state index contributed by atoms with van der Waals surface area (Å²) < 4.78 is 5.62. The van der Waals surface area contributed by atoms with Crippen LogP contribution in [0.2, 0.25) is 0 Å². The van der Waals surface area contributed by atoms with E-state index in [0.29, 0.717) is 19.4 Å². The summed E-state index contributed by atoms with van der Waals surface area (Å²) in [6.07, 6.45) is 1.16. The van der Waals surface area contributed by atoms with E-state index in [0.717, 1.165) is 5.56 Å². The summed E-state index contributed by atoms with van der Waals surface area (Å²) in [5, 5.41) is 0. The van der Waals surface area contributed by atoms with Gasteiger partial charge in [-0.05, 0) is 50.8 Å². The van der Waals surface area contributed by atoms with Gasteiger partial charge in [-0.25, -0.2) is 0 Å². The predicted molar refractivity (Wildman–Crippen MR) is 74.9 cm³/mol. The molecule has 1 aromatic carbocycles. The molecule has 1 unspecified atom stereocenters. The van der Waals surface area contributed by atoms with E-state index in [1.54, 1.807) is 0 Å². The summed E-state index contributed by atoms with van der Waals surface area (Å²) in [5.74, 6) is 0.162. The van der Waals surface area contributed by atoms with Gasteiger partial charge in [0.05, 0.1) is 0 Å². The van der Waals surface area contributed by atoms with Crippen LogP contribution >= 0.6 is 0 Å². The highest BCUT2D eigenvalue weighted by Crippen LogP contribution is 2.20. The van der Waals surface area contributed by atoms with Gasteiger partial charge in [0.25, 0.3) is 0 Å². The number of benzene rings is 1. The monoisotopic (exact) mass is 248 g/mol. The summed E-state index contributed by atoms with van der Waals surface area (Å²) in [6.45, 7) is 10.5. The van der Waals surface area contributed by atoms with Crippen molar-refractivity contribution in [2.24, 2.45) is 0 Å². The molecule has 0 aliphatic carbocycles. The molecule has 0 amide bonds. The molecule has 0 saturated heterocycles. The molecule has 2 heteroatoms. The van der Waals surface area contributed by atoms with E-state index in [4.69, 9.17) is 4.74 Å². The maximum absolute atomic E-state index is 12.3. The van der Waals surface area contributed by atoms with E-state index in [9.17, 15) is 4.79 Å². The standard InChI is InChI=1S/C16H24O2/c1-6-16(5,18-7-2)15(17)11-14-9-8-12(3)13(4)10-14/h8-10H,6-7,11H2,1-5H3. The topological polar surface area (TPSA) is 26.3 Å². The zero-order valence-corrected chi connectivity index (χ0v) is 12.2. The fourth-order valence-electron chi connectivity index (χ4n) is 1.98. The van der Waals surface area contributed by atoms with Crippen LogP contribution in [0.4, 0.5) is 0 Å². The number of carbonyl (C=O) groups is 1. The van der Waals surface area contributed by atoms with E-state index in [2.05, 4.69) is 26.0 Å². The van der Waals surface area contributed by atoms with Gasteiger partial charge < -0.3 is 4.74 Å². The van der Waals surface area contributed by atoms with Crippen LogP contribution in [0.5, 0.6) is 0 Å². The molecular formula is C16H24O2. The minimum absolute atomic E-state index is 0.162. The van der Waals surface area contributed by atoms with Crippen molar-refractivity contribution in [3.63, 3.8) is 0 Å². The Morgan fingerprint density at radius 1 is 1.22 bits per heavy atom. The van der Waals surface area contributed by atoms with Gasteiger partial charge in [-0.15, -0.1) is 0 Å². The number of aryl methyl sites for hydroxylation is 2. The van der Waals surface area contributed by atoms with E-state index >= 15 is 0 Å². The van der Waals surface area contributed by atoms with E-state index < -0.39 is 5.60 Å². The maximum Gasteiger partial charge on any atom is 0.168 e. The molecule has 0 radical (unpaired) electrons. The van der Waals surface area contributed by atoms with Crippen molar-refractivity contribution < 1.29 is 9.53 Å². The molecule has 1 aromatic rings. The molecule has 0 aliphatic heterocycles. The van der Waals surface area contributed by atoms with Gasteiger partial charge in [-0.2, -0.15) is 0 Å². The van der Waals surface area contributed by atoms with Crippen molar-refractivity contribution in [2.75, 3.05) is 6.61 Å². The third kappa shape index (κ3) is 3.42. The Hall–Kier alpha value is -1.15. The van der Waals surface area contributed by atoms with Crippen molar-refractivity contribution in [1.29, 1.82) is 0 Å². The maximum atomic E-state index is 12.3. The Balaban J connectivity index is 2.83. The first-order valence-corrected chi connectivity index (χ1v) is 6.66. The molecule has 0 N–H and O–H groups in total. The second-order valence-corrected chi connectivity index (χ2v) is 5.04. The van der Waals surface area contributed by atoms with Gasteiger partial charge in [0.1, 0.15) is 5.60 Å². The number of Topliss-reactive ketones (excluding diaryl/α,β-unsaturated/α-hetero) is 1. The smallest absolute Gasteiger partial charge is 0.168 e. The number of rotatable bonds is 6. The highest BCUT2D eigenvalue weighted by Gasteiger charge is 2.31. The van der Waals surface area contributed by atoms with E-state index in [1.807, 2.05) is 26.8 Å². The highest BCUT2D eigenvalue weighted by molar-refractivity contribution is 5.88. The van der Waals surface area contributed by atoms with Gasteiger partial charge in [0.15, 0.2) is 5.78 Å². The summed E-state index contributed by atoms with van der Waals surface area (Å²) in [7, 11) is 0. The Labute approximate surface area is 110 Å². The molecule has 100 valence electrons. The lowest BCUT2D eigenvalue weighted by Gasteiger charge is -2.26. The van der Waals surface area contributed by atoms with Crippen molar-refractivity contribution in [1.82, 2.24) is 0 Å². The van der Waals surface area contributed by atoms with Gasteiger partial charge in [0, 0.05) is 13.0 Å². The molecule has 0 bridgehead atoms. The second-order valence-electron chi connectivity index (χ2n) is 5.04. The normalized spacial score (nSPS) is 14.3. The average Bonchev–Trinajstić information content (AvgIpc) is 2.34.